The summed E-state index contributed by atoms with van der Waals surface area (Å²) < 4.78 is 1.09. The number of nitrogens with one attached hydrogen (secondary N) is 1. The van der Waals surface area contributed by atoms with Crippen molar-refractivity contribution >= 4 is 32.6 Å². The van der Waals surface area contributed by atoms with Gasteiger partial charge in [0.2, 0.25) is 0 Å². The first-order valence-electron chi connectivity index (χ1n) is 6.02. The lowest BCUT2D eigenvalue weighted by Gasteiger charge is -2.20. The van der Waals surface area contributed by atoms with Gasteiger partial charge < -0.3 is 4.98 Å². The fourth-order valence-corrected chi connectivity index (χ4v) is 3.07. The summed E-state index contributed by atoms with van der Waals surface area (Å²) in [6, 6.07) is 6.34. The van der Waals surface area contributed by atoms with Crippen molar-refractivity contribution < 1.29 is 4.79 Å². The van der Waals surface area contributed by atoms with Crippen molar-refractivity contribution in [1.29, 1.82) is 0 Å². The van der Waals surface area contributed by atoms with E-state index in [1.807, 2.05) is 0 Å². The Hall–Kier alpha value is -1.09. The second-order valence-corrected chi connectivity index (χ2v) is 5.66. The predicted octanol–water partition coefficient (Wildman–Crippen LogP) is 4.16. The normalized spacial score (nSPS) is 17.8. The van der Waals surface area contributed by atoms with Crippen LogP contribution < -0.4 is 0 Å². The molecule has 1 aromatic heterocycles. The van der Waals surface area contributed by atoms with E-state index in [2.05, 4.69) is 45.3 Å². The molecule has 3 heteroatoms. The van der Waals surface area contributed by atoms with Gasteiger partial charge in [-0.05, 0) is 36.5 Å². The van der Waals surface area contributed by atoms with Crippen LogP contribution in [0.25, 0.3) is 10.9 Å². The average molecular weight is 292 g/mol. The zero-order valence-electron chi connectivity index (χ0n) is 9.50. The Bertz CT molecular complexity index is 563. The molecule has 1 aliphatic rings. The lowest BCUT2D eigenvalue weighted by molar-refractivity contribution is -0.120. The summed E-state index contributed by atoms with van der Waals surface area (Å²) in [7, 11) is 0. The van der Waals surface area contributed by atoms with Crippen molar-refractivity contribution in [2.24, 2.45) is 0 Å². The van der Waals surface area contributed by atoms with Gasteiger partial charge in [-0.3, -0.25) is 4.79 Å². The standard InChI is InChI=1S/C14H14BrNO/c15-10-3-6-12-13(8-16-14(12)7-10)9-1-4-11(17)5-2-9/h3,6-9,16H,1-2,4-5H2. The first-order valence-corrected chi connectivity index (χ1v) is 6.81. The van der Waals surface area contributed by atoms with Gasteiger partial charge in [0.25, 0.3) is 0 Å². The number of halogens is 1. The number of Topliss-reactive ketones (excluding diaryl/α,β-unsaturated/α-hetero) is 1. The molecule has 0 amide bonds. The second-order valence-electron chi connectivity index (χ2n) is 4.75. The Balaban J connectivity index is 1.97. The SMILES string of the molecule is O=C1CCC(c2c[nH]c3cc(Br)ccc23)CC1. The maximum atomic E-state index is 11.3. The van der Waals surface area contributed by atoms with Gasteiger partial charge in [-0.15, -0.1) is 0 Å². The molecule has 2 aromatic rings. The molecule has 0 atom stereocenters. The van der Waals surface area contributed by atoms with Gasteiger partial charge in [0.05, 0.1) is 0 Å². The Morgan fingerprint density at radius 3 is 2.76 bits per heavy atom. The molecular weight excluding hydrogens is 278 g/mol. The van der Waals surface area contributed by atoms with Crippen LogP contribution in [0.5, 0.6) is 0 Å². The minimum absolute atomic E-state index is 0.420. The van der Waals surface area contributed by atoms with Crippen LogP contribution in [0.3, 0.4) is 0 Å². The number of carbonyl (C=O) groups excluding carboxylic acids is 1. The highest BCUT2D eigenvalue weighted by atomic mass is 79.9. The number of hydrogen-bond acceptors (Lipinski definition) is 1. The molecule has 0 unspecified atom stereocenters. The van der Waals surface area contributed by atoms with Gasteiger partial charge in [-0.1, -0.05) is 22.0 Å². The van der Waals surface area contributed by atoms with E-state index in [1.165, 1.54) is 16.5 Å². The second kappa shape index (κ2) is 4.30. The van der Waals surface area contributed by atoms with E-state index in [0.29, 0.717) is 11.7 Å². The molecule has 0 aliphatic heterocycles. The Morgan fingerprint density at radius 1 is 1.24 bits per heavy atom. The maximum absolute atomic E-state index is 11.3. The van der Waals surface area contributed by atoms with Crippen molar-refractivity contribution in [3.8, 4) is 0 Å². The molecule has 1 aromatic carbocycles. The number of aromatic nitrogens is 1. The minimum atomic E-state index is 0.420. The van der Waals surface area contributed by atoms with E-state index in [1.54, 1.807) is 0 Å². The van der Waals surface area contributed by atoms with E-state index in [-0.39, 0.29) is 0 Å². The highest BCUT2D eigenvalue weighted by Gasteiger charge is 2.22. The Kier molecular flexibility index (Phi) is 2.79. The molecule has 1 heterocycles. The molecule has 3 rings (SSSR count). The highest BCUT2D eigenvalue weighted by molar-refractivity contribution is 9.10. The van der Waals surface area contributed by atoms with Crippen LogP contribution in [0.15, 0.2) is 28.9 Å². The largest absolute Gasteiger partial charge is 0.361 e. The van der Waals surface area contributed by atoms with Crippen molar-refractivity contribution in [3.05, 3.63) is 34.4 Å². The van der Waals surface area contributed by atoms with Crippen LogP contribution in [0, 0.1) is 0 Å². The number of hydrogen-bond donors (Lipinski definition) is 1. The van der Waals surface area contributed by atoms with Crippen LogP contribution in [0.4, 0.5) is 0 Å². The van der Waals surface area contributed by atoms with Crippen LogP contribution in [-0.4, -0.2) is 10.8 Å². The van der Waals surface area contributed by atoms with Gasteiger partial charge in [-0.25, -0.2) is 0 Å². The third kappa shape index (κ3) is 2.04. The Morgan fingerprint density at radius 2 is 2.00 bits per heavy atom. The van der Waals surface area contributed by atoms with Crippen LogP contribution in [0.2, 0.25) is 0 Å². The summed E-state index contributed by atoms with van der Waals surface area (Å²) in [5.41, 5.74) is 2.55. The number of fused-ring (bicyclic) bond motifs is 1. The lowest BCUT2D eigenvalue weighted by atomic mass is 9.83. The molecule has 1 N–H and O–H groups in total. The minimum Gasteiger partial charge on any atom is -0.361 e. The highest BCUT2D eigenvalue weighted by Crippen LogP contribution is 2.35. The molecule has 2 nitrogen and oxygen atoms in total. The quantitative estimate of drug-likeness (QED) is 0.841. The van der Waals surface area contributed by atoms with E-state index in [0.717, 1.165) is 30.2 Å². The van der Waals surface area contributed by atoms with Gasteiger partial charge >= 0.3 is 0 Å². The molecule has 0 spiro atoms. The predicted molar refractivity (Wildman–Crippen MR) is 72.2 cm³/mol. The van der Waals surface area contributed by atoms with E-state index >= 15 is 0 Å². The number of aromatic amines is 1. The number of H-pyrrole nitrogens is 1. The molecule has 17 heavy (non-hydrogen) atoms. The van der Waals surface area contributed by atoms with Gasteiger partial charge in [-0.2, -0.15) is 0 Å². The summed E-state index contributed by atoms with van der Waals surface area (Å²) in [6.45, 7) is 0. The van der Waals surface area contributed by atoms with Gasteiger partial charge in [0.1, 0.15) is 5.78 Å². The fraction of sp³-hybridized carbons (Fsp3) is 0.357. The summed E-state index contributed by atoms with van der Waals surface area (Å²) >= 11 is 3.48. The molecule has 88 valence electrons. The van der Waals surface area contributed by atoms with E-state index < -0.39 is 0 Å². The number of ketones is 1. The van der Waals surface area contributed by atoms with Crippen molar-refractivity contribution in [2.45, 2.75) is 31.6 Å². The van der Waals surface area contributed by atoms with Crippen molar-refractivity contribution in [2.75, 3.05) is 0 Å². The molecule has 0 bridgehead atoms. The monoisotopic (exact) mass is 291 g/mol. The van der Waals surface area contributed by atoms with Gasteiger partial charge in [0, 0.05) is 34.4 Å². The zero-order valence-corrected chi connectivity index (χ0v) is 11.1. The van der Waals surface area contributed by atoms with Crippen LogP contribution in [0.1, 0.15) is 37.2 Å². The van der Waals surface area contributed by atoms with Crippen molar-refractivity contribution in [1.82, 2.24) is 4.98 Å². The number of rotatable bonds is 1. The third-order valence-corrected chi connectivity index (χ3v) is 4.15. The summed E-state index contributed by atoms with van der Waals surface area (Å²) in [4.78, 5) is 14.6. The first kappa shape index (κ1) is 11.0. The summed E-state index contributed by atoms with van der Waals surface area (Å²) in [5.74, 6) is 0.964. The van der Waals surface area contributed by atoms with E-state index in [9.17, 15) is 4.79 Å². The van der Waals surface area contributed by atoms with Gasteiger partial charge in [0.15, 0.2) is 0 Å². The lowest BCUT2D eigenvalue weighted by Crippen LogP contribution is -2.11. The molecule has 1 fully saturated rings. The Labute approximate surface area is 109 Å². The first-order chi connectivity index (χ1) is 8.24. The fourth-order valence-electron chi connectivity index (χ4n) is 2.71. The molecular formula is C14H14BrNO. The van der Waals surface area contributed by atoms with Crippen LogP contribution in [-0.2, 0) is 4.79 Å². The smallest absolute Gasteiger partial charge is 0.132 e. The average Bonchev–Trinajstić information content (AvgIpc) is 2.73. The summed E-state index contributed by atoms with van der Waals surface area (Å²) in [6.07, 6.45) is 5.60. The summed E-state index contributed by atoms with van der Waals surface area (Å²) in [5, 5.41) is 1.30. The number of carbonyl (C=O) groups is 1. The number of benzene rings is 1. The van der Waals surface area contributed by atoms with E-state index in [4.69, 9.17) is 0 Å². The van der Waals surface area contributed by atoms with Crippen molar-refractivity contribution in [3.63, 3.8) is 0 Å². The molecule has 0 radical (unpaired) electrons. The van der Waals surface area contributed by atoms with Crippen LogP contribution >= 0.6 is 15.9 Å². The maximum Gasteiger partial charge on any atom is 0.132 e. The molecule has 1 saturated carbocycles. The third-order valence-electron chi connectivity index (χ3n) is 3.66. The molecule has 0 saturated heterocycles. The topological polar surface area (TPSA) is 32.9 Å². The molecule has 1 aliphatic carbocycles. The zero-order chi connectivity index (χ0) is 11.8.